The molecule has 3 atom stereocenters. The Bertz CT molecular complexity index is 745. The molecular formula is C16H19F2N5O3. The Morgan fingerprint density at radius 2 is 2.15 bits per heavy atom. The van der Waals surface area contributed by atoms with E-state index in [1.165, 1.54) is 13.0 Å². The predicted molar refractivity (Wildman–Crippen MR) is 86.4 cm³/mol. The van der Waals surface area contributed by atoms with E-state index >= 15 is 0 Å². The maximum Gasteiger partial charge on any atom is 0.325 e. The molecule has 3 rings (SSSR count). The van der Waals surface area contributed by atoms with Gasteiger partial charge >= 0.3 is 6.03 Å². The van der Waals surface area contributed by atoms with Crippen LogP contribution in [0.4, 0.5) is 13.6 Å². The molecule has 2 unspecified atom stereocenters. The second-order valence-corrected chi connectivity index (χ2v) is 6.25. The summed E-state index contributed by atoms with van der Waals surface area (Å²) in [7, 11) is 0. The molecule has 0 spiro atoms. The highest BCUT2D eigenvalue weighted by Crippen LogP contribution is 2.18. The lowest BCUT2D eigenvalue weighted by molar-refractivity contribution is -0.140. The Balaban J connectivity index is 1.63. The lowest BCUT2D eigenvalue weighted by atomic mass is 10.00. The Hall–Kier alpha value is -2.59. The number of carbonyl (C=O) groups is 3. The summed E-state index contributed by atoms with van der Waals surface area (Å²) in [5.74, 6) is -3.10. The Morgan fingerprint density at radius 3 is 2.88 bits per heavy atom. The molecule has 0 radical (unpaired) electrons. The van der Waals surface area contributed by atoms with E-state index in [2.05, 4.69) is 21.3 Å². The summed E-state index contributed by atoms with van der Waals surface area (Å²) >= 11 is 0. The van der Waals surface area contributed by atoms with Crippen molar-refractivity contribution in [3.05, 3.63) is 35.4 Å². The number of nitrogens with zero attached hydrogens (tertiary/aromatic N) is 1. The van der Waals surface area contributed by atoms with Crippen molar-refractivity contribution >= 4 is 17.8 Å². The summed E-state index contributed by atoms with van der Waals surface area (Å²) in [5, 5.41) is 11.1. The molecule has 4 amide bonds. The molecule has 0 saturated carbocycles. The molecular weight excluding hydrogens is 348 g/mol. The first-order chi connectivity index (χ1) is 12.4. The van der Waals surface area contributed by atoms with Crippen LogP contribution in [0.15, 0.2) is 18.2 Å². The monoisotopic (exact) mass is 367 g/mol. The Kier molecular flexibility index (Phi) is 5.14. The number of hydrogen-bond donors (Lipinski definition) is 4. The van der Waals surface area contributed by atoms with Gasteiger partial charge in [-0.15, -0.1) is 0 Å². The minimum absolute atomic E-state index is 0.106. The summed E-state index contributed by atoms with van der Waals surface area (Å²) < 4.78 is 26.8. The normalized spacial score (nSPS) is 23.9. The van der Waals surface area contributed by atoms with E-state index in [1.807, 2.05) is 0 Å². The lowest BCUT2D eigenvalue weighted by Crippen LogP contribution is -2.70. The van der Waals surface area contributed by atoms with Crippen LogP contribution in [0, 0.1) is 17.6 Å². The number of hydrogen-bond acceptors (Lipinski definition) is 5. The molecule has 2 heterocycles. The highest BCUT2D eigenvalue weighted by molar-refractivity contribution is 6.01. The number of fused-ring (bicyclic) bond motifs is 1. The van der Waals surface area contributed by atoms with Gasteiger partial charge in [0.15, 0.2) is 0 Å². The molecule has 26 heavy (non-hydrogen) atoms. The van der Waals surface area contributed by atoms with Crippen LogP contribution in [0.2, 0.25) is 0 Å². The van der Waals surface area contributed by atoms with Gasteiger partial charge in [0.25, 0.3) is 0 Å². The minimum Gasteiger partial charge on any atom is -0.348 e. The molecule has 0 aliphatic carbocycles. The summed E-state index contributed by atoms with van der Waals surface area (Å²) in [4.78, 5) is 37.6. The number of carbonyl (C=O) groups excluding carboxylic acids is 3. The number of benzene rings is 1. The van der Waals surface area contributed by atoms with Crippen molar-refractivity contribution in [3.63, 3.8) is 0 Å². The predicted octanol–water partition coefficient (Wildman–Crippen LogP) is -0.214. The molecule has 1 aromatic rings. The number of rotatable bonds is 4. The van der Waals surface area contributed by atoms with Crippen LogP contribution in [0.25, 0.3) is 0 Å². The molecule has 2 aliphatic rings. The van der Waals surface area contributed by atoms with Crippen LogP contribution in [-0.4, -0.2) is 48.7 Å². The summed E-state index contributed by atoms with van der Waals surface area (Å²) in [6.45, 7) is 1.89. The van der Waals surface area contributed by atoms with E-state index in [-0.39, 0.29) is 5.56 Å². The second kappa shape index (κ2) is 7.34. The summed E-state index contributed by atoms with van der Waals surface area (Å²) in [5.41, 5.74) is 0.106. The standard InChI is InChI=1S/C16H19F2N5O3/c1-8(10-3-2-9(17)4-12(10)18)21-13(24)6-23-15(25)11-5-19-7-20-14(11)22-16(23)26/h2-4,8,11,14,19-20H,5-7H2,1H3,(H,21,24)(H,22,26)/t8-,11?,14?/m0/s1. The third-order valence-corrected chi connectivity index (χ3v) is 4.43. The molecule has 2 saturated heterocycles. The fourth-order valence-electron chi connectivity index (χ4n) is 3.07. The fourth-order valence-corrected chi connectivity index (χ4v) is 3.07. The molecule has 8 nitrogen and oxygen atoms in total. The second-order valence-electron chi connectivity index (χ2n) is 6.25. The quantitative estimate of drug-likeness (QED) is 0.590. The number of urea groups is 1. The Labute approximate surface area is 148 Å². The average Bonchev–Trinajstić information content (AvgIpc) is 2.58. The highest BCUT2D eigenvalue weighted by Gasteiger charge is 2.42. The first-order valence-electron chi connectivity index (χ1n) is 8.17. The van der Waals surface area contributed by atoms with Crippen LogP contribution in [0.5, 0.6) is 0 Å². The lowest BCUT2D eigenvalue weighted by Gasteiger charge is -2.40. The average molecular weight is 367 g/mol. The van der Waals surface area contributed by atoms with Crippen LogP contribution >= 0.6 is 0 Å². The van der Waals surface area contributed by atoms with Crippen molar-refractivity contribution in [1.29, 1.82) is 0 Å². The number of imide groups is 1. The summed E-state index contributed by atoms with van der Waals surface area (Å²) in [6.07, 6.45) is -0.470. The van der Waals surface area contributed by atoms with Gasteiger partial charge in [-0.1, -0.05) is 6.07 Å². The largest absolute Gasteiger partial charge is 0.348 e. The van der Waals surface area contributed by atoms with Gasteiger partial charge < -0.3 is 16.0 Å². The van der Waals surface area contributed by atoms with E-state index in [9.17, 15) is 23.2 Å². The number of amides is 4. The van der Waals surface area contributed by atoms with Crippen LogP contribution < -0.4 is 21.3 Å². The van der Waals surface area contributed by atoms with Crippen molar-refractivity contribution in [2.24, 2.45) is 5.92 Å². The van der Waals surface area contributed by atoms with Gasteiger partial charge in [-0.05, 0) is 13.0 Å². The molecule has 0 aromatic heterocycles. The third-order valence-electron chi connectivity index (χ3n) is 4.43. The van der Waals surface area contributed by atoms with Gasteiger partial charge in [-0.2, -0.15) is 0 Å². The van der Waals surface area contributed by atoms with Crippen LogP contribution in [-0.2, 0) is 9.59 Å². The van der Waals surface area contributed by atoms with Crippen LogP contribution in [0.3, 0.4) is 0 Å². The molecule has 10 heteroatoms. The summed E-state index contributed by atoms with van der Waals surface area (Å²) in [6, 6.07) is 1.63. The first-order valence-corrected chi connectivity index (χ1v) is 8.17. The SMILES string of the molecule is C[C@H](NC(=O)CN1C(=O)NC2NCNCC2C1=O)c1ccc(F)cc1F. The van der Waals surface area contributed by atoms with Crippen molar-refractivity contribution < 1.29 is 23.2 Å². The first kappa shape index (κ1) is 18.2. The molecule has 0 bridgehead atoms. The van der Waals surface area contributed by atoms with Crippen molar-refractivity contribution in [2.75, 3.05) is 19.8 Å². The zero-order valence-corrected chi connectivity index (χ0v) is 14.0. The number of halogens is 2. The van der Waals surface area contributed by atoms with Gasteiger partial charge in [0.1, 0.15) is 18.2 Å². The van der Waals surface area contributed by atoms with Gasteiger partial charge in [0, 0.05) is 24.8 Å². The molecule has 2 fully saturated rings. The fraction of sp³-hybridized carbons (Fsp3) is 0.438. The maximum atomic E-state index is 13.8. The van der Waals surface area contributed by atoms with Crippen molar-refractivity contribution in [1.82, 2.24) is 26.2 Å². The number of nitrogens with one attached hydrogen (secondary N) is 4. The molecule has 1 aromatic carbocycles. The Morgan fingerprint density at radius 1 is 1.38 bits per heavy atom. The maximum absolute atomic E-state index is 13.8. The van der Waals surface area contributed by atoms with Gasteiger partial charge in [0.05, 0.1) is 18.1 Å². The third kappa shape index (κ3) is 3.65. The van der Waals surface area contributed by atoms with Crippen molar-refractivity contribution in [3.8, 4) is 0 Å². The topological polar surface area (TPSA) is 103 Å². The van der Waals surface area contributed by atoms with E-state index in [4.69, 9.17) is 0 Å². The van der Waals surface area contributed by atoms with E-state index in [0.29, 0.717) is 13.2 Å². The van der Waals surface area contributed by atoms with Crippen LogP contribution in [0.1, 0.15) is 18.5 Å². The molecule has 2 aliphatic heterocycles. The minimum atomic E-state index is -0.785. The van der Waals surface area contributed by atoms with Gasteiger partial charge in [-0.3, -0.25) is 19.8 Å². The molecule has 140 valence electrons. The molecule has 4 N–H and O–H groups in total. The van der Waals surface area contributed by atoms with Gasteiger partial charge in [0.2, 0.25) is 11.8 Å². The van der Waals surface area contributed by atoms with Gasteiger partial charge in [-0.25, -0.2) is 13.6 Å². The zero-order chi connectivity index (χ0) is 18.8. The van der Waals surface area contributed by atoms with E-state index in [1.54, 1.807) is 0 Å². The van der Waals surface area contributed by atoms with E-state index < -0.39 is 54.2 Å². The van der Waals surface area contributed by atoms with Crippen molar-refractivity contribution in [2.45, 2.75) is 19.1 Å². The van der Waals surface area contributed by atoms with E-state index in [0.717, 1.165) is 17.0 Å². The highest BCUT2D eigenvalue weighted by atomic mass is 19.1. The zero-order valence-electron chi connectivity index (χ0n) is 14.0. The smallest absolute Gasteiger partial charge is 0.325 e.